The van der Waals surface area contributed by atoms with Gasteiger partial charge in [0.15, 0.2) is 6.10 Å². The smallest absolute Gasteiger partial charge is 0.409 e. The predicted molar refractivity (Wildman–Crippen MR) is 406 cm³/mol. The summed E-state index contributed by atoms with van der Waals surface area (Å²) in [7, 11) is 0. The highest BCUT2D eigenvalue weighted by atomic mass is 17.0. The molecule has 2 aliphatic rings. The Morgan fingerprint density at radius 2 is 0.621 bits per heavy atom. The van der Waals surface area contributed by atoms with Crippen LogP contribution in [0.25, 0.3) is 0 Å². The maximum atomic E-state index is 14.6. The lowest BCUT2D eigenvalue weighted by molar-refractivity contribution is -0.615. The molecular formula is C84H142O19. The quantitative estimate of drug-likeness (QED) is 0.00923. The molecule has 2 heterocycles. The number of esters is 4. The lowest BCUT2D eigenvalue weighted by Crippen LogP contribution is -2.88. The van der Waals surface area contributed by atoms with Crippen molar-refractivity contribution in [2.45, 2.75) is 389 Å². The average Bonchev–Trinajstić information content (AvgIpc) is 1.17. The fourth-order valence-corrected chi connectivity index (χ4v) is 12.5. The molecule has 0 aliphatic carbocycles. The first kappa shape index (κ1) is 94.4. The second kappa shape index (κ2) is 59.4. The van der Waals surface area contributed by atoms with Crippen molar-refractivity contribution in [2.24, 2.45) is 0 Å². The van der Waals surface area contributed by atoms with Gasteiger partial charge in [-0.25, -0.2) is 0 Å². The fourth-order valence-electron chi connectivity index (χ4n) is 12.5. The Kier molecular flexibility index (Phi) is 54.5. The minimum atomic E-state index is -4.48. The number of hydrogen-bond acceptors (Lipinski definition) is 19. The first-order valence-corrected chi connectivity index (χ1v) is 40.5. The monoisotopic (exact) mass is 1460 g/mol. The molecule has 0 saturated carbocycles. The van der Waals surface area contributed by atoms with E-state index in [1.807, 2.05) is 0 Å². The summed E-state index contributed by atoms with van der Waals surface area (Å²) in [6.07, 6.45) is 60.6. The first-order chi connectivity index (χ1) is 50.0. The Labute approximate surface area is 620 Å². The van der Waals surface area contributed by atoms with Crippen LogP contribution in [0.2, 0.25) is 0 Å². The van der Waals surface area contributed by atoms with Crippen molar-refractivity contribution in [2.75, 3.05) is 19.8 Å². The maximum absolute atomic E-state index is 14.6. The molecule has 1 unspecified atom stereocenters. The molecule has 19 nitrogen and oxygen atoms in total. The molecule has 2 fully saturated rings. The van der Waals surface area contributed by atoms with E-state index in [2.05, 4.69) is 125 Å². The number of carbonyl (C=O) groups excluding carboxylic acids is 4. The highest BCUT2D eigenvalue weighted by Gasteiger charge is 2.89. The molecular weight excluding hydrogens is 1310 g/mol. The molecule has 8 N–H and O–H groups in total. The number of aliphatic hydroxyl groups excluding tert-OH is 5. The Balaban J connectivity index is 2.65. The highest BCUT2D eigenvalue weighted by Crippen LogP contribution is 2.55. The van der Waals surface area contributed by atoms with Crippen molar-refractivity contribution < 1.29 is 93.2 Å². The molecule has 0 bridgehead atoms. The van der Waals surface area contributed by atoms with Gasteiger partial charge in [0.2, 0.25) is 5.79 Å². The fraction of sp³-hybridized carbons (Fsp3) is 0.762. The topological polar surface area (TPSA) is 295 Å². The van der Waals surface area contributed by atoms with Gasteiger partial charge in [0.05, 0.1) is 13.2 Å². The van der Waals surface area contributed by atoms with Crippen LogP contribution in [0.3, 0.4) is 0 Å². The van der Waals surface area contributed by atoms with Crippen LogP contribution in [-0.4, -0.2) is 138 Å². The van der Waals surface area contributed by atoms with Crippen LogP contribution in [0.15, 0.2) is 97.2 Å². The van der Waals surface area contributed by atoms with Crippen molar-refractivity contribution in [1.29, 1.82) is 0 Å². The number of allylic oxidation sites excluding steroid dienone is 16. The van der Waals surface area contributed by atoms with Crippen LogP contribution in [0, 0.1) is 0 Å². The van der Waals surface area contributed by atoms with Crippen LogP contribution < -0.4 is 0 Å². The summed E-state index contributed by atoms with van der Waals surface area (Å²) in [6.45, 7) is 4.66. The van der Waals surface area contributed by atoms with E-state index >= 15 is 0 Å². The minimum Gasteiger partial charge on any atom is -0.423 e. The van der Waals surface area contributed by atoms with Gasteiger partial charge in [-0.3, -0.25) is 28.7 Å². The lowest BCUT2D eigenvalue weighted by Gasteiger charge is -2.59. The molecule has 103 heavy (non-hydrogen) atoms. The van der Waals surface area contributed by atoms with Crippen molar-refractivity contribution in [3.8, 4) is 0 Å². The second-order valence-electron chi connectivity index (χ2n) is 28.0. The van der Waals surface area contributed by atoms with Gasteiger partial charge < -0.3 is 64.5 Å². The van der Waals surface area contributed by atoms with Gasteiger partial charge in [-0.05, 0) is 154 Å². The van der Waals surface area contributed by atoms with E-state index in [0.717, 1.165) is 128 Å². The Bertz CT molecular complexity index is 2440. The van der Waals surface area contributed by atoms with Crippen molar-refractivity contribution in [3.05, 3.63) is 97.2 Å². The highest BCUT2D eigenvalue weighted by molar-refractivity contribution is 5.73. The molecule has 0 aromatic rings. The maximum Gasteiger partial charge on any atom is 0.409 e. The van der Waals surface area contributed by atoms with E-state index in [1.165, 1.54) is 77.0 Å². The molecule has 2 saturated heterocycles. The van der Waals surface area contributed by atoms with Gasteiger partial charge in [0, 0.05) is 25.7 Å². The molecule has 2 rings (SSSR count). The summed E-state index contributed by atoms with van der Waals surface area (Å²) < 4.78 is 41.3. The van der Waals surface area contributed by atoms with E-state index in [9.17, 15) is 60.0 Å². The zero-order valence-electron chi connectivity index (χ0n) is 64.2. The van der Waals surface area contributed by atoms with Gasteiger partial charge in [-0.15, -0.1) is 0 Å². The first-order valence-electron chi connectivity index (χ1n) is 40.5. The molecule has 9 atom stereocenters. The number of unbranched alkanes of at least 4 members (excludes halogenated alkanes) is 32. The standard InChI is InChI=1S/C84H142O19/c1-5-9-13-17-21-25-29-33-37-41-45-49-53-57-61-65-74(88)99-81(94)73(70-86)98-84(103-80(71-87)79(93)78(92)72(69-85)97-80,102-77(91)68-64-60-56-52-48-44-40-36-32-28-24-20-16-12-8-4)83(96,101-76(90)67-63-59-55-51-47-43-39-35-31-27-23-19-15-11-7-3)82(81,95)100-75(89)66-62-58-54-50-46-42-38-34-30-26-22-18-14-10-6-2/h21-28,33-40,72-73,78-79,85-87,92-96H,5-20,29-32,41-71H2,1-4H3/b25-21+,26-22+,27-23+,28-24+,37-33+,38-34+,39-35+,40-36+/t72-,73-,78-,79+,80?,81+,82-,83+,84+/m1/s1. The molecule has 0 radical (unpaired) electrons. The zero-order chi connectivity index (χ0) is 75.4. The Morgan fingerprint density at radius 1 is 0.340 bits per heavy atom. The summed E-state index contributed by atoms with van der Waals surface area (Å²) in [5.41, 5.74) is 0. The Hall–Kier alpha value is -4.64. The van der Waals surface area contributed by atoms with E-state index < -0.39 is 123 Å². The van der Waals surface area contributed by atoms with Crippen LogP contribution in [0.5, 0.6) is 0 Å². The largest absolute Gasteiger partial charge is 0.423 e. The number of carbonyl (C=O) groups is 4. The number of hydrogen-bond donors (Lipinski definition) is 8. The normalized spacial score (nSPS) is 24.0. The summed E-state index contributed by atoms with van der Waals surface area (Å²) in [4.78, 5) is 58.1. The molecule has 0 aromatic carbocycles. The van der Waals surface area contributed by atoms with Gasteiger partial charge in [0.25, 0.3) is 0 Å². The lowest BCUT2D eigenvalue weighted by atomic mass is 9.85. The van der Waals surface area contributed by atoms with Crippen molar-refractivity contribution in [1.82, 2.24) is 0 Å². The molecule has 0 aromatic heterocycles. The number of aliphatic hydroxyl groups is 8. The van der Waals surface area contributed by atoms with Crippen LogP contribution in [-0.2, 0) is 52.3 Å². The van der Waals surface area contributed by atoms with Gasteiger partial charge in [-0.1, -0.05) is 253 Å². The summed E-state index contributed by atoms with van der Waals surface area (Å²) >= 11 is 0. The van der Waals surface area contributed by atoms with E-state index in [-0.39, 0.29) is 25.7 Å². The van der Waals surface area contributed by atoms with Gasteiger partial charge in [-0.2, -0.15) is 0 Å². The van der Waals surface area contributed by atoms with E-state index in [1.54, 1.807) is 0 Å². The third-order valence-corrected chi connectivity index (χ3v) is 18.8. The predicted octanol–water partition coefficient (Wildman–Crippen LogP) is 17.3. The number of ether oxygens (including phenoxy) is 7. The van der Waals surface area contributed by atoms with Gasteiger partial charge in [0.1, 0.15) is 24.9 Å². The van der Waals surface area contributed by atoms with Crippen LogP contribution in [0.1, 0.15) is 336 Å². The summed E-state index contributed by atoms with van der Waals surface area (Å²) in [5.74, 6) is -25.5. The molecule has 592 valence electrons. The molecule has 19 heteroatoms. The summed E-state index contributed by atoms with van der Waals surface area (Å²) in [5, 5.41) is 96.2. The van der Waals surface area contributed by atoms with E-state index in [0.29, 0.717) is 51.4 Å². The second-order valence-corrected chi connectivity index (χ2v) is 28.0. The summed E-state index contributed by atoms with van der Waals surface area (Å²) in [6, 6.07) is 0. The van der Waals surface area contributed by atoms with Gasteiger partial charge >= 0.3 is 47.2 Å². The minimum absolute atomic E-state index is 0.0960. The zero-order valence-corrected chi connectivity index (χ0v) is 64.2. The molecule has 2 aliphatic heterocycles. The SMILES string of the molecule is CCCCC/C=C/C/C=C/CCCCCCCC(=O)O[C@@]1(OC2(CO)O[C@H](CO)[C@@H](O)[C@@H]2O)O[C@H](CO)[C@](O)(OC(=O)CCCCCCC/C=C/C/C=C/CCCCC)[C@@](O)(OC(=O)CCCCCCC/C=C/C/C=C/CCCCC)[C@]1(O)OC(=O)CCCCCCC/C=C/C/C=C/CCCCC. The Morgan fingerprint density at radius 3 is 0.913 bits per heavy atom. The average molecular weight is 1460 g/mol. The van der Waals surface area contributed by atoms with E-state index in [4.69, 9.17) is 33.2 Å². The molecule has 0 amide bonds. The third kappa shape index (κ3) is 37.6. The third-order valence-electron chi connectivity index (χ3n) is 18.8. The number of rotatable bonds is 65. The van der Waals surface area contributed by atoms with Crippen LogP contribution >= 0.6 is 0 Å². The molecule has 0 spiro atoms. The van der Waals surface area contributed by atoms with Crippen molar-refractivity contribution in [3.63, 3.8) is 0 Å². The van der Waals surface area contributed by atoms with Crippen LogP contribution in [0.4, 0.5) is 0 Å². The van der Waals surface area contributed by atoms with Crippen molar-refractivity contribution >= 4 is 23.9 Å².